The number of furan rings is 1. The van der Waals surface area contributed by atoms with Crippen LogP contribution in [0.5, 0.6) is 11.5 Å². The van der Waals surface area contributed by atoms with E-state index < -0.39 is 0 Å². The van der Waals surface area contributed by atoms with Crippen LogP contribution < -0.4 is 14.8 Å². The van der Waals surface area contributed by atoms with Crippen LogP contribution in [0.2, 0.25) is 5.02 Å². The molecule has 0 spiro atoms. The lowest BCUT2D eigenvalue weighted by atomic mass is 10.2. The van der Waals surface area contributed by atoms with E-state index in [0.717, 1.165) is 12.2 Å². The SMILES string of the molecule is COc1cc(OC)c(NC(=O)/C=C/c2ccc(C3CC3C)o2)cc1Cl. The first-order valence-corrected chi connectivity index (χ1v) is 8.40. The molecule has 5 nitrogen and oxygen atoms in total. The minimum atomic E-state index is -0.308. The van der Waals surface area contributed by atoms with Crippen LogP contribution in [0.15, 0.2) is 34.8 Å². The Labute approximate surface area is 151 Å². The van der Waals surface area contributed by atoms with Gasteiger partial charge in [0, 0.05) is 18.1 Å². The van der Waals surface area contributed by atoms with Crippen molar-refractivity contribution in [3.63, 3.8) is 0 Å². The smallest absolute Gasteiger partial charge is 0.248 e. The Balaban J connectivity index is 1.68. The first-order chi connectivity index (χ1) is 12.0. The lowest BCUT2D eigenvalue weighted by Gasteiger charge is -2.12. The van der Waals surface area contributed by atoms with Crippen molar-refractivity contribution in [3.05, 3.63) is 46.9 Å². The summed E-state index contributed by atoms with van der Waals surface area (Å²) >= 11 is 6.10. The third-order valence-electron chi connectivity index (χ3n) is 4.25. The van der Waals surface area contributed by atoms with Gasteiger partial charge in [0.2, 0.25) is 5.91 Å². The monoisotopic (exact) mass is 361 g/mol. The summed E-state index contributed by atoms with van der Waals surface area (Å²) in [6, 6.07) is 7.05. The third kappa shape index (κ3) is 3.99. The molecule has 1 fully saturated rings. The Morgan fingerprint density at radius 2 is 2.00 bits per heavy atom. The first kappa shape index (κ1) is 17.4. The number of methoxy groups -OCH3 is 2. The van der Waals surface area contributed by atoms with Gasteiger partial charge < -0.3 is 19.2 Å². The van der Waals surface area contributed by atoms with Crippen molar-refractivity contribution in [1.82, 2.24) is 0 Å². The van der Waals surface area contributed by atoms with Gasteiger partial charge in [0.1, 0.15) is 23.0 Å². The van der Waals surface area contributed by atoms with Crippen LogP contribution in [0.3, 0.4) is 0 Å². The standard InChI is InChI=1S/C19H20ClNO4/c1-11-8-13(11)16-6-4-12(25-16)5-7-19(22)21-15-9-14(20)17(23-2)10-18(15)24-3/h4-7,9-11,13H,8H2,1-3H3,(H,21,22)/b7-5+. The maximum atomic E-state index is 12.2. The van der Waals surface area contributed by atoms with Gasteiger partial charge in [-0.1, -0.05) is 18.5 Å². The molecule has 2 unspecified atom stereocenters. The predicted molar refractivity (Wildman–Crippen MR) is 97.4 cm³/mol. The minimum absolute atomic E-state index is 0.308. The highest BCUT2D eigenvalue weighted by Crippen LogP contribution is 2.47. The fraction of sp³-hybridized carbons (Fsp3) is 0.316. The van der Waals surface area contributed by atoms with Gasteiger partial charge in [-0.25, -0.2) is 0 Å². The van der Waals surface area contributed by atoms with Gasteiger partial charge in [0.25, 0.3) is 0 Å². The van der Waals surface area contributed by atoms with E-state index in [0.29, 0.717) is 39.8 Å². The van der Waals surface area contributed by atoms with Crippen LogP contribution in [0.4, 0.5) is 5.69 Å². The molecule has 132 valence electrons. The number of nitrogens with one attached hydrogen (secondary N) is 1. The molecule has 2 aromatic rings. The van der Waals surface area contributed by atoms with Gasteiger partial charge in [-0.05, 0) is 36.6 Å². The molecule has 0 saturated heterocycles. The van der Waals surface area contributed by atoms with E-state index in [9.17, 15) is 4.79 Å². The van der Waals surface area contributed by atoms with Crippen molar-refractivity contribution < 1.29 is 18.7 Å². The van der Waals surface area contributed by atoms with Crippen LogP contribution in [-0.2, 0) is 4.79 Å². The normalized spacial score (nSPS) is 19.0. The molecule has 1 saturated carbocycles. The molecule has 1 aromatic heterocycles. The van der Waals surface area contributed by atoms with Crippen LogP contribution in [0.1, 0.15) is 30.8 Å². The quantitative estimate of drug-likeness (QED) is 0.756. The Morgan fingerprint density at radius 3 is 2.64 bits per heavy atom. The summed E-state index contributed by atoms with van der Waals surface area (Å²) in [5.74, 6) is 3.47. The Hall–Kier alpha value is -2.40. The summed E-state index contributed by atoms with van der Waals surface area (Å²) in [6.45, 7) is 2.20. The Morgan fingerprint density at radius 1 is 1.28 bits per heavy atom. The zero-order chi connectivity index (χ0) is 18.0. The van der Waals surface area contributed by atoms with Crippen molar-refractivity contribution in [2.75, 3.05) is 19.5 Å². The van der Waals surface area contributed by atoms with E-state index in [2.05, 4.69) is 12.2 Å². The highest BCUT2D eigenvalue weighted by molar-refractivity contribution is 6.32. The lowest BCUT2D eigenvalue weighted by Crippen LogP contribution is -2.09. The third-order valence-corrected chi connectivity index (χ3v) is 4.55. The lowest BCUT2D eigenvalue weighted by molar-refractivity contribution is -0.111. The summed E-state index contributed by atoms with van der Waals surface area (Å²) in [5.41, 5.74) is 0.467. The molecule has 0 bridgehead atoms. The summed E-state index contributed by atoms with van der Waals surface area (Å²) < 4.78 is 16.1. The van der Waals surface area contributed by atoms with Gasteiger partial charge in [0.05, 0.1) is 24.9 Å². The maximum Gasteiger partial charge on any atom is 0.248 e. The summed E-state index contributed by atoms with van der Waals surface area (Å²) in [4.78, 5) is 12.2. The number of anilines is 1. The fourth-order valence-electron chi connectivity index (χ4n) is 2.67. The van der Waals surface area contributed by atoms with E-state index in [1.165, 1.54) is 20.3 Å². The van der Waals surface area contributed by atoms with Crippen molar-refractivity contribution in [3.8, 4) is 11.5 Å². The predicted octanol–water partition coefficient (Wildman–Crippen LogP) is 4.73. The molecule has 0 aliphatic heterocycles. The molecule has 0 radical (unpaired) electrons. The number of hydrogen-bond acceptors (Lipinski definition) is 4. The molecule has 6 heteroatoms. The topological polar surface area (TPSA) is 60.7 Å². The largest absolute Gasteiger partial charge is 0.495 e. The van der Waals surface area contributed by atoms with Gasteiger partial charge in [-0.2, -0.15) is 0 Å². The number of amides is 1. The highest BCUT2D eigenvalue weighted by atomic mass is 35.5. The molecule has 1 aliphatic rings. The molecule has 1 aliphatic carbocycles. The second kappa shape index (κ2) is 7.23. The highest BCUT2D eigenvalue weighted by Gasteiger charge is 2.36. The molecule has 1 N–H and O–H groups in total. The molecule has 25 heavy (non-hydrogen) atoms. The molecule has 1 heterocycles. The number of ether oxygens (including phenoxy) is 2. The van der Waals surface area contributed by atoms with E-state index in [4.69, 9.17) is 25.5 Å². The summed E-state index contributed by atoms with van der Waals surface area (Å²) in [5, 5.41) is 3.13. The molecule has 3 rings (SSSR count). The fourth-order valence-corrected chi connectivity index (χ4v) is 2.91. The van der Waals surface area contributed by atoms with E-state index >= 15 is 0 Å². The van der Waals surface area contributed by atoms with E-state index in [1.807, 2.05) is 12.1 Å². The van der Waals surface area contributed by atoms with Crippen LogP contribution in [0, 0.1) is 5.92 Å². The van der Waals surface area contributed by atoms with Gasteiger partial charge in [-0.15, -0.1) is 0 Å². The van der Waals surface area contributed by atoms with Crippen molar-refractivity contribution in [2.24, 2.45) is 5.92 Å². The second-order valence-corrected chi connectivity index (χ2v) is 6.48. The molecular formula is C19H20ClNO4. The number of carbonyl (C=O) groups is 1. The van der Waals surface area contributed by atoms with Crippen molar-refractivity contribution in [1.29, 1.82) is 0 Å². The van der Waals surface area contributed by atoms with Crippen molar-refractivity contribution in [2.45, 2.75) is 19.3 Å². The number of rotatable bonds is 6. The Kier molecular flexibility index (Phi) is 5.04. The van der Waals surface area contributed by atoms with Gasteiger partial charge >= 0.3 is 0 Å². The van der Waals surface area contributed by atoms with E-state index in [1.54, 1.807) is 18.2 Å². The van der Waals surface area contributed by atoms with Gasteiger partial charge in [0.15, 0.2) is 0 Å². The second-order valence-electron chi connectivity index (χ2n) is 6.07. The van der Waals surface area contributed by atoms with Crippen molar-refractivity contribution >= 4 is 29.3 Å². The number of carbonyl (C=O) groups excluding carboxylic acids is 1. The average Bonchev–Trinajstić information content (AvgIpc) is 3.14. The average molecular weight is 362 g/mol. The number of halogens is 1. The first-order valence-electron chi connectivity index (χ1n) is 8.02. The summed E-state index contributed by atoms with van der Waals surface area (Å²) in [7, 11) is 3.03. The summed E-state index contributed by atoms with van der Waals surface area (Å²) in [6.07, 6.45) is 4.22. The maximum absolute atomic E-state index is 12.2. The molecule has 1 amide bonds. The van der Waals surface area contributed by atoms with Crippen LogP contribution >= 0.6 is 11.6 Å². The van der Waals surface area contributed by atoms with Crippen LogP contribution in [0.25, 0.3) is 6.08 Å². The molecule has 1 aromatic carbocycles. The zero-order valence-electron chi connectivity index (χ0n) is 14.3. The zero-order valence-corrected chi connectivity index (χ0v) is 15.1. The Bertz CT molecular complexity index is 812. The van der Waals surface area contributed by atoms with E-state index in [-0.39, 0.29) is 5.91 Å². The van der Waals surface area contributed by atoms with Gasteiger partial charge in [-0.3, -0.25) is 4.79 Å². The number of benzene rings is 1. The molecule has 2 atom stereocenters. The molecular weight excluding hydrogens is 342 g/mol. The van der Waals surface area contributed by atoms with Crippen LogP contribution in [-0.4, -0.2) is 20.1 Å². The minimum Gasteiger partial charge on any atom is -0.495 e. The number of hydrogen-bond donors (Lipinski definition) is 1.